The number of pyridine rings is 2. The maximum Gasteiger partial charge on any atom is 0.310 e. The molecule has 0 unspecified atom stereocenters. The summed E-state index contributed by atoms with van der Waals surface area (Å²) in [6.07, 6.45) is 6.89. The molecule has 3 rings (SSSR count). The summed E-state index contributed by atoms with van der Waals surface area (Å²) < 4.78 is 18.9. The van der Waals surface area contributed by atoms with Crippen LogP contribution < -0.4 is 15.4 Å². The molecule has 0 atom stereocenters. The van der Waals surface area contributed by atoms with Crippen molar-refractivity contribution in [1.82, 2.24) is 20.2 Å². The number of nitrogens with one attached hydrogen (secondary N) is 2. The molecule has 206 valence electrons. The van der Waals surface area contributed by atoms with E-state index < -0.39 is 17.2 Å². The van der Waals surface area contributed by atoms with Crippen LogP contribution in [-0.2, 0) is 9.59 Å². The Morgan fingerprint density at radius 2 is 1.92 bits per heavy atom. The van der Waals surface area contributed by atoms with Crippen LogP contribution in [0.5, 0.6) is 11.6 Å². The molecule has 1 saturated carbocycles. The van der Waals surface area contributed by atoms with Crippen LogP contribution in [0.25, 0.3) is 0 Å². The number of carboxylic acids is 1. The molecule has 2 heterocycles. The molecule has 0 bridgehead atoms. The molecular weight excluding hydrogens is 489 g/mol. The van der Waals surface area contributed by atoms with Crippen molar-refractivity contribution in [3.8, 4) is 11.6 Å². The van der Waals surface area contributed by atoms with Crippen molar-refractivity contribution in [2.45, 2.75) is 53.4 Å². The fourth-order valence-electron chi connectivity index (χ4n) is 4.41. The first-order valence-electron chi connectivity index (χ1n) is 12.9. The van der Waals surface area contributed by atoms with Crippen molar-refractivity contribution < 1.29 is 23.8 Å². The van der Waals surface area contributed by atoms with E-state index in [1.54, 1.807) is 40.0 Å². The lowest BCUT2D eigenvalue weighted by atomic mass is 9.82. The number of carbonyl (C=O) groups excluding carboxylic acids is 1. The third-order valence-corrected chi connectivity index (χ3v) is 6.84. The Morgan fingerprint density at radius 3 is 2.50 bits per heavy atom. The van der Waals surface area contributed by atoms with Gasteiger partial charge in [0.25, 0.3) is 0 Å². The van der Waals surface area contributed by atoms with Gasteiger partial charge >= 0.3 is 5.97 Å². The zero-order chi connectivity index (χ0) is 27.9. The normalized spacial score (nSPS) is 18.0. The lowest BCUT2D eigenvalue weighted by Crippen LogP contribution is -2.43. The average Bonchev–Trinajstić information content (AvgIpc) is 2.87. The maximum absolute atomic E-state index is 13.2. The van der Waals surface area contributed by atoms with Gasteiger partial charge in [0.2, 0.25) is 11.8 Å². The number of carboxylic acid groups (broad SMARTS) is 1. The topological polar surface area (TPSA) is 117 Å². The van der Waals surface area contributed by atoms with Crippen LogP contribution in [0.15, 0.2) is 42.4 Å². The van der Waals surface area contributed by atoms with E-state index in [0.717, 1.165) is 31.9 Å². The van der Waals surface area contributed by atoms with E-state index in [9.17, 15) is 19.1 Å². The summed E-state index contributed by atoms with van der Waals surface area (Å²) in [5, 5.41) is 15.7. The van der Waals surface area contributed by atoms with E-state index in [0.29, 0.717) is 41.5 Å². The smallest absolute Gasteiger partial charge is 0.310 e. The van der Waals surface area contributed by atoms with Gasteiger partial charge in [-0.2, -0.15) is 0 Å². The van der Waals surface area contributed by atoms with Gasteiger partial charge in [0.1, 0.15) is 17.5 Å². The van der Waals surface area contributed by atoms with Crippen molar-refractivity contribution in [1.29, 1.82) is 0 Å². The fraction of sp³-hybridized carbons (Fsp3) is 0.500. The Kier molecular flexibility index (Phi) is 9.66. The number of halogens is 1. The fourth-order valence-corrected chi connectivity index (χ4v) is 4.41. The minimum atomic E-state index is -1.05. The van der Waals surface area contributed by atoms with Crippen molar-refractivity contribution >= 4 is 17.7 Å². The summed E-state index contributed by atoms with van der Waals surface area (Å²) in [5.41, 5.74) is -0.492. The van der Waals surface area contributed by atoms with Crippen LogP contribution in [0, 0.1) is 30.0 Å². The van der Waals surface area contributed by atoms with E-state index in [1.165, 1.54) is 18.2 Å². The second-order valence-electron chi connectivity index (χ2n) is 10.7. The Balaban J connectivity index is 1.88. The third-order valence-electron chi connectivity index (χ3n) is 6.84. The first kappa shape index (κ1) is 28.9. The molecule has 1 fully saturated rings. The molecular formula is C28H38FN5O4. The van der Waals surface area contributed by atoms with Crippen LogP contribution in [0.3, 0.4) is 0 Å². The Hall–Kier alpha value is -3.69. The number of hydrogen-bond donors (Lipinski definition) is 3. The summed E-state index contributed by atoms with van der Waals surface area (Å²) in [6.45, 7) is 8.21. The zero-order valence-corrected chi connectivity index (χ0v) is 22.8. The number of ether oxygens (including phenoxy) is 1. The first-order chi connectivity index (χ1) is 18.0. The van der Waals surface area contributed by atoms with Crippen molar-refractivity contribution in [3.63, 3.8) is 0 Å². The number of nitrogens with zero attached hydrogens (tertiary/aromatic N) is 3. The van der Waals surface area contributed by atoms with Gasteiger partial charge in [-0.05, 0) is 63.6 Å². The summed E-state index contributed by atoms with van der Waals surface area (Å²) in [5.74, 6) is 1.01. The molecule has 1 aliphatic carbocycles. The van der Waals surface area contributed by atoms with Crippen LogP contribution in [0.2, 0.25) is 0 Å². The van der Waals surface area contributed by atoms with Gasteiger partial charge in [-0.1, -0.05) is 19.8 Å². The van der Waals surface area contributed by atoms with Crippen LogP contribution in [0.4, 0.5) is 10.2 Å². The zero-order valence-electron chi connectivity index (χ0n) is 22.8. The van der Waals surface area contributed by atoms with Crippen LogP contribution in [0.1, 0.15) is 52.1 Å². The number of anilines is 1. The molecule has 2 aromatic heterocycles. The molecule has 2 aromatic rings. The van der Waals surface area contributed by atoms with E-state index in [1.807, 2.05) is 4.90 Å². The summed E-state index contributed by atoms with van der Waals surface area (Å²) >= 11 is 0. The number of aromatic nitrogens is 2. The summed E-state index contributed by atoms with van der Waals surface area (Å²) in [7, 11) is 1.54. The van der Waals surface area contributed by atoms with E-state index in [-0.39, 0.29) is 18.3 Å². The number of amides is 1. The highest BCUT2D eigenvalue weighted by Crippen LogP contribution is 2.31. The predicted molar refractivity (Wildman–Crippen MR) is 143 cm³/mol. The second-order valence-corrected chi connectivity index (χ2v) is 10.7. The van der Waals surface area contributed by atoms with Crippen molar-refractivity contribution in [2.75, 3.05) is 25.5 Å². The second kappa shape index (κ2) is 12.7. The minimum Gasteiger partial charge on any atom is -0.481 e. The number of carbonyl (C=O) groups is 2. The Morgan fingerprint density at radius 1 is 1.21 bits per heavy atom. The van der Waals surface area contributed by atoms with Gasteiger partial charge in [-0.3, -0.25) is 9.59 Å². The summed E-state index contributed by atoms with van der Waals surface area (Å²) in [6, 6.07) is 6.10. The molecule has 0 saturated heterocycles. The largest absolute Gasteiger partial charge is 0.481 e. The van der Waals surface area contributed by atoms with Gasteiger partial charge in [0, 0.05) is 32.3 Å². The molecule has 1 amide bonds. The van der Waals surface area contributed by atoms with Gasteiger partial charge in [0.05, 0.1) is 17.3 Å². The third kappa shape index (κ3) is 8.16. The van der Waals surface area contributed by atoms with Gasteiger partial charge in [-0.25, -0.2) is 14.4 Å². The van der Waals surface area contributed by atoms with Crippen LogP contribution in [-0.4, -0.2) is 52.0 Å². The highest BCUT2D eigenvalue weighted by atomic mass is 19.1. The molecule has 0 aromatic carbocycles. The molecule has 3 N–H and O–H groups in total. The molecule has 0 aliphatic heterocycles. The number of aryl methyl sites for hydroxylation is 1. The van der Waals surface area contributed by atoms with E-state index in [4.69, 9.17) is 4.74 Å². The molecule has 10 heteroatoms. The quantitative estimate of drug-likeness (QED) is 0.351. The highest BCUT2D eigenvalue weighted by molar-refractivity contribution is 5.88. The number of likely N-dealkylation sites (N-methyl/N-ethyl adjacent to an activating group) is 1. The van der Waals surface area contributed by atoms with Gasteiger partial charge in [-0.15, -0.1) is 0 Å². The number of rotatable bonds is 11. The summed E-state index contributed by atoms with van der Waals surface area (Å²) in [4.78, 5) is 34.9. The standard InChI is InChI=1S/C28H38FN5O4/c1-18-6-8-20(9-7-18)16-34(17-28(3,4)27(36)37)24(14-25(35)30-5)33-23-12-11-22(19(2)32-23)38-26-13-10-21(29)15-31-26/h10-15,18,20H,6-9,16-17H2,1-5H3,(H,30,35)(H,32,33)(H,36,37)/b24-14-. The van der Waals surface area contributed by atoms with Crippen LogP contribution >= 0.6 is 0 Å². The predicted octanol–water partition coefficient (Wildman–Crippen LogP) is 4.95. The molecule has 38 heavy (non-hydrogen) atoms. The SMILES string of the molecule is CNC(=O)/C=C(/Nc1ccc(Oc2ccc(F)cn2)c(C)n1)N(CC1CCC(C)CC1)CC(C)(C)C(=O)O. The van der Waals surface area contributed by atoms with E-state index >= 15 is 0 Å². The van der Waals surface area contributed by atoms with E-state index in [2.05, 4.69) is 27.5 Å². The van der Waals surface area contributed by atoms with Crippen molar-refractivity contribution in [2.24, 2.45) is 17.3 Å². The highest BCUT2D eigenvalue weighted by Gasteiger charge is 2.32. The van der Waals surface area contributed by atoms with Crippen molar-refractivity contribution in [3.05, 3.63) is 53.9 Å². The Labute approximate surface area is 223 Å². The minimum absolute atomic E-state index is 0.209. The Bertz CT molecular complexity index is 1140. The number of aliphatic carboxylic acids is 1. The lowest BCUT2D eigenvalue weighted by molar-refractivity contribution is -0.147. The first-order valence-corrected chi connectivity index (χ1v) is 12.9. The van der Waals surface area contributed by atoms with Gasteiger partial charge in [0.15, 0.2) is 5.75 Å². The average molecular weight is 528 g/mol. The molecule has 9 nitrogen and oxygen atoms in total. The molecule has 0 spiro atoms. The monoisotopic (exact) mass is 527 g/mol. The molecule has 1 aliphatic rings. The lowest BCUT2D eigenvalue weighted by Gasteiger charge is -2.37. The maximum atomic E-state index is 13.2. The number of hydrogen-bond acceptors (Lipinski definition) is 7. The molecule has 0 radical (unpaired) electrons. The van der Waals surface area contributed by atoms with Gasteiger partial charge < -0.3 is 25.4 Å².